The van der Waals surface area contributed by atoms with Crippen LogP contribution in [-0.4, -0.2) is 16.6 Å². The van der Waals surface area contributed by atoms with E-state index in [0.717, 1.165) is 24.5 Å². The van der Waals surface area contributed by atoms with Gasteiger partial charge in [0.15, 0.2) is 5.15 Å². The van der Waals surface area contributed by atoms with Gasteiger partial charge in [-0.15, -0.1) is 0 Å². The highest BCUT2D eigenvalue weighted by Crippen LogP contribution is 2.16. The smallest absolute Gasteiger partial charge is 0.150 e. The van der Waals surface area contributed by atoms with Gasteiger partial charge in [0.25, 0.3) is 0 Å². The van der Waals surface area contributed by atoms with E-state index in [1.54, 1.807) is 0 Å². The van der Waals surface area contributed by atoms with Crippen molar-refractivity contribution in [2.24, 2.45) is 7.05 Å². The fraction of sp³-hybridized carbons (Fsp3) is 0.625. The number of nitrogens with one attached hydrogen (secondary N) is 1. The summed E-state index contributed by atoms with van der Waals surface area (Å²) in [5.74, 6) is 0.986. The zero-order valence-corrected chi connectivity index (χ0v) is 8.44. The molecular formula is C8H14ClN3. The van der Waals surface area contributed by atoms with Crippen molar-refractivity contribution in [1.29, 1.82) is 0 Å². The van der Waals surface area contributed by atoms with Crippen LogP contribution < -0.4 is 5.32 Å². The molecule has 0 saturated carbocycles. The van der Waals surface area contributed by atoms with Crippen LogP contribution in [0.4, 0.5) is 0 Å². The lowest BCUT2D eigenvalue weighted by Gasteiger charge is -2.02. The Bertz CT molecular complexity index is 268. The molecule has 0 aromatic carbocycles. The largest absolute Gasteiger partial charge is 0.333 e. The predicted octanol–water partition coefficient (Wildman–Crippen LogP) is 1.36. The second-order valence-corrected chi connectivity index (χ2v) is 3.07. The number of nitrogens with zero attached hydrogens (tertiary/aromatic N) is 2. The number of imidazole rings is 1. The summed E-state index contributed by atoms with van der Waals surface area (Å²) in [7, 11) is 3.89. The average Bonchev–Trinajstić information content (AvgIpc) is 2.29. The van der Waals surface area contributed by atoms with Crippen LogP contribution >= 0.6 is 11.6 Å². The molecule has 0 amide bonds. The van der Waals surface area contributed by atoms with Crippen molar-refractivity contribution in [3.63, 3.8) is 0 Å². The molecule has 0 fully saturated rings. The minimum absolute atomic E-state index is 0.630. The Morgan fingerprint density at radius 2 is 2.25 bits per heavy atom. The van der Waals surface area contributed by atoms with E-state index >= 15 is 0 Å². The second-order valence-electron chi connectivity index (χ2n) is 2.71. The van der Waals surface area contributed by atoms with Crippen LogP contribution in [0.1, 0.15) is 18.4 Å². The molecule has 68 valence electrons. The van der Waals surface area contributed by atoms with E-state index in [9.17, 15) is 0 Å². The number of hydrogen-bond donors (Lipinski definition) is 1. The number of aromatic nitrogens is 2. The molecule has 12 heavy (non-hydrogen) atoms. The molecule has 0 spiro atoms. The monoisotopic (exact) mass is 187 g/mol. The molecule has 1 aromatic heterocycles. The van der Waals surface area contributed by atoms with E-state index in [2.05, 4.69) is 17.2 Å². The summed E-state index contributed by atoms with van der Waals surface area (Å²) in [6.07, 6.45) is 0.923. The predicted molar refractivity (Wildman–Crippen MR) is 50.4 cm³/mol. The third-order valence-electron chi connectivity index (χ3n) is 1.93. The average molecular weight is 188 g/mol. The SMILES string of the molecule is CCc1c(Cl)nc(CNC)n1C. The number of hydrogen-bond acceptors (Lipinski definition) is 2. The molecule has 0 aliphatic heterocycles. The summed E-state index contributed by atoms with van der Waals surface area (Å²) in [6.45, 7) is 2.84. The molecule has 1 aromatic rings. The van der Waals surface area contributed by atoms with Gasteiger partial charge in [-0.25, -0.2) is 4.98 Å². The van der Waals surface area contributed by atoms with Crippen molar-refractivity contribution in [2.75, 3.05) is 7.05 Å². The summed E-state index contributed by atoms with van der Waals surface area (Å²) in [5, 5.41) is 3.68. The van der Waals surface area contributed by atoms with E-state index in [1.807, 2.05) is 18.7 Å². The Morgan fingerprint density at radius 1 is 1.58 bits per heavy atom. The Morgan fingerprint density at radius 3 is 2.67 bits per heavy atom. The van der Waals surface area contributed by atoms with Crippen LogP contribution in [0.15, 0.2) is 0 Å². The Labute approximate surface area is 77.7 Å². The topological polar surface area (TPSA) is 29.9 Å². The van der Waals surface area contributed by atoms with Crippen molar-refractivity contribution >= 4 is 11.6 Å². The summed E-state index contributed by atoms with van der Waals surface area (Å²) >= 11 is 5.93. The molecule has 0 saturated heterocycles. The van der Waals surface area contributed by atoms with Gasteiger partial charge in [-0.3, -0.25) is 0 Å². The summed E-state index contributed by atoms with van der Waals surface area (Å²) < 4.78 is 2.04. The molecule has 0 atom stereocenters. The van der Waals surface area contributed by atoms with Crippen LogP contribution in [0.3, 0.4) is 0 Å². The molecule has 1 N–H and O–H groups in total. The fourth-order valence-electron chi connectivity index (χ4n) is 1.25. The third-order valence-corrected chi connectivity index (χ3v) is 2.23. The van der Waals surface area contributed by atoms with Crippen LogP contribution in [-0.2, 0) is 20.0 Å². The van der Waals surface area contributed by atoms with Gasteiger partial charge in [0.05, 0.1) is 12.2 Å². The van der Waals surface area contributed by atoms with E-state index < -0.39 is 0 Å². The van der Waals surface area contributed by atoms with Crippen molar-refractivity contribution in [2.45, 2.75) is 19.9 Å². The van der Waals surface area contributed by atoms with E-state index in [1.165, 1.54) is 0 Å². The van der Waals surface area contributed by atoms with Crippen molar-refractivity contribution in [1.82, 2.24) is 14.9 Å². The molecule has 3 nitrogen and oxygen atoms in total. The molecule has 1 heterocycles. The molecule has 0 bridgehead atoms. The van der Waals surface area contributed by atoms with Crippen molar-refractivity contribution in [3.05, 3.63) is 16.7 Å². The van der Waals surface area contributed by atoms with E-state index in [0.29, 0.717) is 5.15 Å². The molecule has 1 rings (SSSR count). The van der Waals surface area contributed by atoms with Gasteiger partial charge in [-0.1, -0.05) is 18.5 Å². The van der Waals surface area contributed by atoms with Crippen LogP contribution in [0.2, 0.25) is 5.15 Å². The normalized spacial score (nSPS) is 10.7. The lowest BCUT2D eigenvalue weighted by molar-refractivity contribution is 0.693. The molecule has 0 aliphatic rings. The van der Waals surface area contributed by atoms with Gasteiger partial charge in [-0.2, -0.15) is 0 Å². The highest BCUT2D eigenvalue weighted by atomic mass is 35.5. The summed E-state index contributed by atoms with van der Waals surface area (Å²) in [5.41, 5.74) is 1.10. The van der Waals surface area contributed by atoms with E-state index in [4.69, 9.17) is 11.6 Å². The maximum Gasteiger partial charge on any atom is 0.150 e. The van der Waals surface area contributed by atoms with Gasteiger partial charge in [-0.05, 0) is 13.5 Å². The minimum Gasteiger partial charge on any atom is -0.333 e. The minimum atomic E-state index is 0.630. The standard InChI is InChI=1S/C8H14ClN3/c1-4-6-8(9)11-7(5-10-2)12(6)3/h10H,4-5H2,1-3H3. The highest BCUT2D eigenvalue weighted by Gasteiger charge is 2.09. The highest BCUT2D eigenvalue weighted by molar-refractivity contribution is 6.30. The molecular weight excluding hydrogens is 174 g/mol. The van der Waals surface area contributed by atoms with E-state index in [-0.39, 0.29) is 0 Å². The Balaban J connectivity index is 3.00. The summed E-state index contributed by atoms with van der Waals surface area (Å²) in [4.78, 5) is 4.24. The Hall–Kier alpha value is -0.540. The first-order valence-corrected chi connectivity index (χ1v) is 4.43. The lowest BCUT2D eigenvalue weighted by Crippen LogP contribution is -2.11. The molecule has 0 unspecified atom stereocenters. The first-order chi connectivity index (χ1) is 5.70. The third kappa shape index (κ3) is 1.62. The second kappa shape index (κ2) is 3.92. The molecule has 0 radical (unpaired) electrons. The van der Waals surface area contributed by atoms with Crippen LogP contribution in [0.5, 0.6) is 0 Å². The van der Waals surface area contributed by atoms with Crippen LogP contribution in [0, 0.1) is 0 Å². The lowest BCUT2D eigenvalue weighted by atomic mass is 10.4. The number of halogens is 1. The maximum absolute atomic E-state index is 5.93. The molecule has 0 aliphatic carbocycles. The zero-order valence-electron chi connectivity index (χ0n) is 7.69. The first kappa shape index (κ1) is 9.55. The molecule has 4 heteroatoms. The van der Waals surface area contributed by atoms with Crippen molar-refractivity contribution in [3.8, 4) is 0 Å². The van der Waals surface area contributed by atoms with Gasteiger partial charge in [0, 0.05) is 7.05 Å². The van der Waals surface area contributed by atoms with Gasteiger partial charge in [0.2, 0.25) is 0 Å². The zero-order chi connectivity index (χ0) is 9.14. The van der Waals surface area contributed by atoms with Gasteiger partial charge < -0.3 is 9.88 Å². The van der Waals surface area contributed by atoms with Crippen LogP contribution in [0.25, 0.3) is 0 Å². The van der Waals surface area contributed by atoms with Gasteiger partial charge >= 0.3 is 0 Å². The van der Waals surface area contributed by atoms with Crippen molar-refractivity contribution < 1.29 is 0 Å². The quantitative estimate of drug-likeness (QED) is 0.775. The number of rotatable bonds is 3. The summed E-state index contributed by atoms with van der Waals surface area (Å²) in [6, 6.07) is 0. The first-order valence-electron chi connectivity index (χ1n) is 4.05. The Kier molecular flexibility index (Phi) is 3.12. The maximum atomic E-state index is 5.93. The van der Waals surface area contributed by atoms with Gasteiger partial charge in [0.1, 0.15) is 5.82 Å². The fourth-order valence-corrected chi connectivity index (χ4v) is 1.60.